The second-order valence-corrected chi connectivity index (χ2v) is 5.29. The van der Waals surface area contributed by atoms with Crippen molar-refractivity contribution in [3.8, 4) is 5.75 Å². The van der Waals surface area contributed by atoms with Gasteiger partial charge in [0.2, 0.25) is 5.91 Å². The molecule has 5 heteroatoms. The number of carbonyl (C=O) groups excluding carboxylic acids is 1. The fourth-order valence-electron chi connectivity index (χ4n) is 1.85. The topological polar surface area (TPSA) is 84.6 Å². The molecule has 0 aromatic heterocycles. The second-order valence-electron chi connectivity index (χ2n) is 5.29. The van der Waals surface area contributed by atoms with Gasteiger partial charge >= 0.3 is 0 Å². The predicted octanol–water partition coefficient (Wildman–Crippen LogP) is 1.05. The molecule has 1 unspecified atom stereocenters. The first-order valence-corrected chi connectivity index (χ1v) is 6.76. The van der Waals surface area contributed by atoms with E-state index in [9.17, 15) is 9.90 Å². The van der Waals surface area contributed by atoms with Crippen LogP contribution in [0.2, 0.25) is 0 Å². The van der Waals surface area contributed by atoms with Crippen molar-refractivity contribution in [3.05, 3.63) is 29.8 Å². The number of nitrogens with two attached hydrogens (primary N) is 1. The van der Waals surface area contributed by atoms with Crippen molar-refractivity contribution in [2.24, 2.45) is 11.7 Å². The number of hydrogen-bond acceptors (Lipinski definition) is 4. The Morgan fingerprint density at radius 1 is 1.35 bits per heavy atom. The van der Waals surface area contributed by atoms with Gasteiger partial charge in [0.05, 0.1) is 18.7 Å². The van der Waals surface area contributed by atoms with Crippen LogP contribution in [0.25, 0.3) is 0 Å². The van der Waals surface area contributed by atoms with Crippen LogP contribution in [0, 0.1) is 5.92 Å². The molecule has 1 aromatic rings. The monoisotopic (exact) mass is 280 g/mol. The van der Waals surface area contributed by atoms with Gasteiger partial charge in [0.25, 0.3) is 0 Å². The maximum atomic E-state index is 12.1. The molecule has 0 fully saturated rings. The average Bonchev–Trinajstić information content (AvgIpc) is 2.40. The zero-order valence-electron chi connectivity index (χ0n) is 12.3. The van der Waals surface area contributed by atoms with E-state index in [4.69, 9.17) is 10.5 Å². The van der Waals surface area contributed by atoms with Crippen LogP contribution in [-0.2, 0) is 16.0 Å². The highest BCUT2D eigenvalue weighted by Gasteiger charge is 2.20. The van der Waals surface area contributed by atoms with E-state index in [0.717, 1.165) is 5.56 Å². The Morgan fingerprint density at radius 2 is 1.95 bits per heavy atom. The summed E-state index contributed by atoms with van der Waals surface area (Å²) in [5, 5.41) is 12.1. The van der Waals surface area contributed by atoms with Gasteiger partial charge in [-0.15, -0.1) is 0 Å². The largest absolute Gasteiger partial charge is 0.508 e. The van der Waals surface area contributed by atoms with Gasteiger partial charge in [0, 0.05) is 7.11 Å². The van der Waals surface area contributed by atoms with Crippen LogP contribution in [0.5, 0.6) is 5.75 Å². The van der Waals surface area contributed by atoms with Crippen LogP contribution < -0.4 is 11.1 Å². The maximum Gasteiger partial charge on any atom is 0.237 e. The molecule has 0 spiro atoms. The van der Waals surface area contributed by atoms with Crippen LogP contribution in [-0.4, -0.2) is 36.8 Å². The van der Waals surface area contributed by atoms with Crippen LogP contribution in [0.4, 0.5) is 0 Å². The molecule has 4 N–H and O–H groups in total. The quantitative estimate of drug-likeness (QED) is 0.697. The molecule has 0 aliphatic rings. The number of methoxy groups -OCH3 is 1. The first kappa shape index (κ1) is 16.5. The lowest BCUT2D eigenvalue weighted by Crippen LogP contribution is -2.49. The number of aromatic hydroxyl groups is 1. The lowest BCUT2D eigenvalue weighted by molar-refractivity contribution is -0.123. The minimum absolute atomic E-state index is 0.0432. The van der Waals surface area contributed by atoms with Crippen LogP contribution in [0.3, 0.4) is 0 Å². The van der Waals surface area contributed by atoms with Crippen LogP contribution >= 0.6 is 0 Å². The van der Waals surface area contributed by atoms with E-state index in [0.29, 0.717) is 13.0 Å². The van der Waals surface area contributed by atoms with Crippen molar-refractivity contribution >= 4 is 5.91 Å². The Bertz CT molecular complexity index is 418. The number of carbonyl (C=O) groups is 1. The van der Waals surface area contributed by atoms with Gasteiger partial charge in [-0.05, 0) is 30.0 Å². The third kappa shape index (κ3) is 5.19. The summed E-state index contributed by atoms with van der Waals surface area (Å²) in [6, 6.07) is 6.04. The van der Waals surface area contributed by atoms with E-state index in [1.807, 2.05) is 13.8 Å². The summed E-state index contributed by atoms with van der Waals surface area (Å²) in [6.07, 6.45) is 0.434. The minimum atomic E-state index is -0.613. The minimum Gasteiger partial charge on any atom is -0.508 e. The fourth-order valence-corrected chi connectivity index (χ4v) is 1.85. The number of nitrogens with one attached hydrogen (secondary N) is 1. The van der Waals surface area contributed by atoms with Gasteiger partial charge in [0.1, 0.15) is 5.75 Å². The Labute approximate surface area is 120 Å². The standard InChI is InChI=1S/C15H24N2O3/c1-10(2)14(9-20-3)17-15(19)13(16)8-11-4-6-12(18)7-5-11/h4-7,10,13-14,18H,8-9,16H2,1-3H3,(H,17,19)/t13-,14?/m0/s1. The molecule has 0 radical (unpaired) electrons. The van der Waals surface area contributed by atoms with Crippen molar-refractivity contribution in [3.63, 3.8) is 0 Å². The van der Waals surface area contributed by atoms with Gasteiger partial charge in [0.15, 0.2) is 0 Å². The Hall–Kier alpha value is -1.59. The number of ether oxygens (including phenoxy) is 1. The number of hydrogen-bond donors (Lipinski definition) is 3. The molecule has 2 atom stereocenters. The molecular weight excluding hydrogens is 256 g/mol. The van der Waals surface area contributed by atoms with E-state index in [1.54, 1.807) is 31.4 Å². The SMILES string of the molecule is COCC(NC(=O)[C@@H](N)Cc1ccc(O)cc1)C(C)C. The first-order chi connectivity index (χ1) is 9.43. The van der Waals surface area contributed by atoms with Crippen molar-refractivity contribution in [2.45, 2.75) is 32.4 Å². The van der Waals surface area contributed by atoms with Gasteiger partial charge in [-0.25, -0.2) is 0 Å². The summed E-state index contributed by atoms with van der Waals surface area (Å²) < 4.78 is 5.09. The highest BCUT2D eigenvalue weighted by Crippen LogP contribution is 2.11. The second kappa shape index (κ2) is 7.87. The molecular formula is C15H24N2O3. The third-order valence-corrected chi connectivity index (χ3v) is 3.21. The van der Waals surface area contributed by atoms with Crippen molar-refractivity contribution in [1.29, 1.82) is 0 Å². The Kier molecular flexibility index (Phi) is 6.48. The first-order valence-electron chi connectivity index (χ1n) is 6.76. The van der Waals surface area contributed by atoms with E-state index in [1.165, 1.54) is 0 Å². The summed E-state index contributed by atoms with van der Waals surface area (Å²) >= 11 is 0. The van der Waals surface area contributed by atoms with Gasteiger partial charge in [-0.3, -0.25) is 4.79 Å². The van der Waals surface area contributed by atoms with E-state index in [2.05, 4.69) is 5.32 Å². The van der Waals surface area contributed by atoms with Crippen molar-refractivity contribution < 1.29 is 14.6 Å². The van der Waals surface area contributed by atoms with Crippen molar-refractivity contribution in [2.75, 3.05) is 13.7 Å². The molecule has 0 heterocycles. The average molecular weight is 280 g/mol. The van der Waals surface area contributed by atoms with Gasteiger partial charge in [-0.2, -0.15) is 0 Å². The van der Waals surface area contributed by atoms with Gasteiger partial charge in [-0.1, -0.05) is 26.0 Å². The molecule has 0 aliphatic carbocycles. The molecule has 20 heavy (non-hydrogen) atoms. The molecule has 0 aliphatic heterocycles. The molecule has 1 aromatic carbocycles. The molecule has 5 nitrogen and oxygen atoms in total. The Balaban J connectivity index is 2.55. The van der Waals surface area contributed by atoms with E-state index >= 15 is 0 Å². The third-order valence-electron chi connectivity index (χ3n) is 3.21. The lowest BCUT2D eigenvalue weighted by Gasteiger charge is -2.23. The molecule has 0 bridgehead atoms. The van der Waals surface area contributed by atoms with Crippen LogP contribution in [0.1, 0.15) is 19.4 Å². The highest BCUT2D eigenvalue weighted by atomic mass is 16.5. The number of benzene rings is 1. The summed E-state index contributed by atoms with van der Waals surface area (Å²) in [5.74, 6) is 0.292. The summed E-state index contributed by atoms with van der Waals surface area (Å²) in [5.41, 5.74) is 6.83. The summed E-state index contributed by atoms with van der Waals surface area (Å²) in [6.45, 7) is 4.51. The summed E-state index contributed by atoms with van der Waals surface area (Å²) in [7, 11) is 1.61. The smallest absolute Gasteiger partial charge is 0.237 e. The fraction of sp³-hybridized carbons (Fsp3) is 0.533. The number of phenolic OH excluding ortho intramolecular Hbond substituents is 1. The van der Waals surface area contributed by atoms with Gasteiger partial charge < -0.3 is 20.9 Å². The molecule has 1 rings (SSSR count). The van der Waals surface area contributed by atoms with E-state index in [-0.39, 0.29) is 23.6 Å². The zero-order valence-corrected chi connectivity index (χ0v) is 12.3. The summed E-state index contributed by atoms with van der Waals surface area (Å²) in [4.78, 5) is 12.1. The molecule has 0 saturated carbocycles. The number of rotatable bonds is 7. The lowest BCUT2D eigenvalue weighted by atomic mass is 10.0. The maximum absolute atomic E-state index is 12.1. The molecule has 0 saturated heterocycles. The van der Waals surface area contributed by atoms with Crippen LogP contribution in [0.15, 0.2) is 24.3 Å². The van der Waals surface area contributed by atoms with Crippen molar-refractivity contribution in [1.82, 2.24) is 5.32 Å². The highest BCUT2D eigenvalue weighted by molar-refractivity contribution is 5.82. The Morgan fingerprint density at radius 3 is 2.45 bits per heavy atom. The number of amides is 1. The molecule has 112 valence electrons. The predicted molar refractivity (Wildman–Crippen MR) is 78.4 cm³/mol. The molecule has 1 amide bonds. The normalized spacial score (nSPS) is 14.1. The number of phenols is 1. The van der Waals surface area contributed by atoms with E-state index < -0.39 is 6.04 Å². The zero-order chi connectivity index (χ0) is 15.1.